The van der Waals surface area contributed by atoms with Crippen molar-refractivity contribution in [3.05, 3.63) is 28.1 Å². The smallest absolute Gasteiger partial charge is 0.287 e. The Hall–Kier alpha value is -2.19. The third-order valence-electron chi connectivity index (χ3n) is 4.37. The predicted molar refractivity (Wildman–Crippen MR) is 78.8 cm³/mol. The first kappa shape index (κ1) is 13.5. The number of aliphatic hydroxyl groups is 1. The summed E-state index contributed by atoms with van der Waals surface area (Å²) in [5.74, 6) is 0.506. The second-order valence-electron chi connectivity index (χ2n) is 5.71. The standard InChI is InChI=1S/C14H17N5O3/c1-7-8(2)19-13(21)11-12(17-14(19)16-7)18(6-15-11)10-4-3-9(5-20)22-10/h6,9-10,20H,3-5H2,1-2H3,(H,16,17). The number of aliphatic hydroxyl groups excluding tert-OH is 1. The maximum atomic E-state index is 12.6. The third-order valence-corrected chi connectivity index (χ3v) is 4.37. The van der Waals surface area contributed by atoms with E-state index < -0.39 is 0 Å². The summed E-state index contributed by atoms with van der Waals surface area (Å²) in [4.78, 5) is 24.5. The van der Waals surface area contributed by atoms with Crippen molar-refractivity contribution in [2.75, 3.05) is 6.61 Å². The first-order chi connectivity index (χ1) is 10.6. The van der Waals surface area contributed by atoms with Gasteiger partial charge in [-0.15, -0.1) is 0 Å². The van der Waals surface area contributed by atoms with Gasteiger partial charge < -0.3 is 14.8 Å². The van der Waals surface area contributed by atoms with Crippen LogP contribution in [0.2, 0.25) is 0 Å². The molecule has 8 heteroatoms. The molecular formula is C14H17N5O3. The molecule has 3 aromatic rings. The molecule has 1 aliphatic rings. The summed E-state index contributed by atoms with van der Waals surface area (Å²) in [6, 6.07) is 0. The van der Waals surface area contributed by atoms with Gasteiger partial charge in [-0.2, -0.15) is 4.98 Å². The summed E-state index contributed by atoms with van der Waals surface area (Å²) < 4.78 is 9.08. The molecule has 4 rings (SSSR count). The van der Waals surface area contributed by atoms with E-state index in [1.54, 1.807) is 15.3 Å². The Labute approximate surface area is 125 Å². The second kappa shape index (κ2) is 4.65. The number of rotatable bonds is 2. The molecule has 8 nitrogen and oxygen atoms in total. The lowest BCUT2D eigenvalue weighted by atomic mass is 10.2. The topological polar surface area (TPSA) is 97.4 Å². The maximum absolute atomic E-state index is 12.6. The molecule has 1 aliphatic heterocycles. The zero-order valence-corrected chi connectivity index (χ0v) is 12.4. The number of aromatic amines is 1. The molecule has 0 spiro atoms. The lowest BCUT2D eigenvalue weighted by Gasteiger charge is -2.13. The Balaban J connectivity index is 1.92. The molecule has 2 atom stereocenters. The highest BCUT2D eigenvalue weighted by atomic mass is 16.5. The van der Waals surface area contributed by atoms with Gasteiger partial charge in [-0.05, 0) is 26.7 Å². The molecule has 3 aromatic heterocycles. The van der Waals surface area contributed by atoms with Crippen molar-refractivity contribution >= 4 is 16.9 Å². The Bertz CT molecular complexity index is 922. The lowest BCUT2D eigenvalue weighted by Crippen LogP contribution is -2.17. The normalized spacial score (nSPS) is 22.1. The summed E-state index contributed by atoms with van der Waals surface area (Å²) in [6.07, 6.45) is 2.73. The quantitative estimate of drug-likeness (QED) is 0.725. The largest absolute Gasteiger partial charge is 0.394 e. The lowest BCUT2D eigenvalue weighted by molar-refractivity contribution is -0.0207. The van der Waals surface area contributed by atoms with Crippen LogP contribution in [0.3, 0.4) is 0 Å². The summed E-state index contributed by atoms with van der Waals surface area (Å²) in [7, 11) is 0. The van der Waals surface area contributed by atoms with Crippen LogP contribution in [0.15, 0.2) is 11.1 Å². The van der Waals surface area contributed by atoms with Gasteiger partial charge in [0, 0.05) is 11.4 Å². The number of ether oxygens (including phenoxy) is 1. The fraction of sp³-hybridized carbons (Fsp3) is 0.500. The van der Waals surface area contributed by atoms with Gasteiger partial charge >= 0.3 is 0 Å². The predicted octanol–water partition coefficient (Wildman–Crippen LogP) is 0.659. The Kier molecular flexibility index (Phi) is 2.85. The van der Waals surface area contributed by atoms with Gasteiger partial charge in [0.15, 0.2) is 11.2 Å². The number of aryl methyl sites for hydroxylation is 2. The van der Waals surface area contributed by atoms with Crippen molar-refractivity contribution < 1.29 is 9.84 Å². The number of hydrogen-bond donors (Lipinski definition) is 2. The van der Waals surface area contributed by atoms with Gasteiger partial charge in [0.2, 0.25) is 5.78 Å². The van der Waals surface area contributed by atoms with E-state index in [-0.39, 0.29) is 24.5 Å². The Morgan fingerprint density at radius 1 is 1.45 bits per heavy atom. The minimum absolute atomic E-state index is 0.00151. The van der Waals surface area contributed by atoms with Crippen molar-refractivity contribution in [2.24, 2.45) is 0 Å². The first-order valence-electron chi connectivity index (χ1n) is 7.31. The third kappa shape index (κ3) is 1.74. The summed E-state index contributed by atoms with van der Waals surface area (Å²) in [5, 5.41) is 9.19. The molecule has 0 saturated carbocycles. The van der Waals surface area contributed by atoms with Crippen LogP contribution in [0, 0.1) is 13.8 Å². The fourth-order valence-electron chi connectivity index (χ4n) is 3.03. The number of hydrogen-bond acceptors (Lipinski definition) is 5. The molecule has 22 heavy (non-hydrogen) atoms. The average Bonchev–Trinajstić information content (AvgIpc) is 3.18. The SMILES string of the molecule is Cc1[nH]c2nc3c(ncn3C3CCC(CO)O3)c(=O)n2c1C. The van der Waals surface area contributed by atoms with Crippen molar-refractivity contribution in [3.63, 3.8) is 0 Å². The van der Waals surface area contributed by atoms with Crippen LogP contribution in [-0.2, 0) is 4.74 Å². The van der Waals surface area contributed by atoms with Crippen LogP contribution in [0.25, 0.3) is 16.9 Å². The van der Waals surface area contributed by atoms with Gasteiger partial charge in [0.25, 0.3) is 5.56 Å². The molecule has 1 fully saturated rings. The number of imidazole rings is 2. The van der Waals surface area contributed by atoms with Gasteiger partial charge in [0.05, 0.1) is 19.0 Å². The fourth-order valence-corrected chi connectivity index (χ4v) is 3.03. The van der Waals surface area contributed by atoms with E-state index in [1.807, 2.05) is 13.8 Å². The minimum Gasteiger partial charge on any atom is -0.394 e. The monoisotopic (exact) mass is 303 g/mol. The van der Waals surface area contributed by atoms with Crippen molar-refractivity contribution in [2.45, 2.75) is 39.0 Å². The molecule has 0 amide bonds. The van der Waals surface area contributed by atoms with Crippen molar-refractivity contribution in [1.29, 1.82) is 0 Å². The summed E-state index contributed by atoms with van der Waals surface area (Å²) in [5.41, 5.74) is 2.39. The van der Waals surface area contributed by atoms with E-state index in [0.717, 1.165) is 24.2 Å². The van der Waals surface area contributed by atoms with Crippen molar-refractivity contribution in [1.82, 2.24) is 23.9 Å². The second-order valence-corrected chi connectivity index (χ2v) is 5.71. The molecule has 116 valence electrons. The summed E-state index contributed by atoms with van der Waals surface area (Å²) in [6.45, 7) is 3.77. The highest BCUT2D eigenvalue weighted by Crippen LogP contribution is 2.29. The van der Waals surface area contributed by atoms with Gasteiger partial charge in [-0.1, -0.05) is 0 Å². The molecule has 0 bridgehead atoms. The first-order valence-corrected chi connectivity index (χ1v) is 7.31. The number of fused-ring (bicyclic) bond motifs is 2. The average molecular weight is 303 g/mol. The van der Waals surface area contributed by atoms with E-state index in [4.69, 9.17) is 4.74 Å². The molecule has 2 unspecified atom stereocenters. The highest BCUT2D eigenvalue weighted by Gasteiger charge is 2.28. The summed E-state index contributed by atoms with van der Waals surface area (Å²) >= 11 is 0. The number of H-pyrrole nitrogens is 1. The molecule has 0 radical (unpaired) electrons. The van der Waals surface area contributed by atoms with E-state index in [9.17, 15) is 9.90 Å². The van der Waals surface area contributed by atoms with E-state index in [1.165, 1.54) is 0 Å². The molecule has 4 heterocycles. The van der Waals surface area contributed by atoms with E-state index >= 15 is 0 Å². The van der Waals surface area contributed by atoms with Crippen LogP contribution >= 0.6 is 0 Å². The number of aromatic nitrogens is 5. The molecule has 0 aliphatic carbocycles. The maximum Gasteiger partial charge on any atom is 0.287 e. The van der Waals surface area contributed by atoms with Crippen molar-refractivity contribution in [3.8, 4) is 0 Å². The minimum atomic E-state index is -0.242. The Morgan fingerprint density at radius 3 is 3.00 bits per heavy atom. The van der Waals surface area contributed by atoms with Crippen LogP contribution in [-0.4, -0.2) is 41.7 Å². The van der Waals surface area contributed by atoms with Crippen LogP contribution < -0.4 is 5.56 Å². The zero-order valence-electron chi connectivity index (χ0n) is 12.4. The van der Waals surface area contributed by atoms with Gasteiger partial charge in [-0.3, -0.25) is 9.36 Å². The molecule has 1 saturated heterocycles. The van der Waals surface area contributed by atoms with Crippen LogP contribution in [0.5, 0.6) is 0 Å². The van der Waals surface area contributed by atoms with Gasteiger partial charge in [0.1, 0.15) is 6.23 Å². The Morgan fingerprint density at radius 2 is 2.27 bits per heavy atom. The molecule has 2 N–H and O–H groups in total. The van der Waals surface area contributed by atoms with E-state index in [2.05, 4.69) is 15.0 Å². The highest BCUT2D eigenvalue weighted by molar-refractivity contribution is 5.72. The number of nitrogens with one attached hydrogen (secondary N) is 1. The van der Waals surface area contributed by atoms with Crippen LogP contribution in [0.1, 0.15) is 30.5 Å². The van der Waals surface area contributed by atoms with Gasteiger partial charge in [-0.25, -0.2) is 9.38 Å². The zero-order chi connectivity index (χ0) is 15.4. The number of nitrogens with zero attached hydrogens (tertiary/aromatic N) is 4. The van der Waals surface area contributed by atoms with E-state index in [0.29, 0.717) is 16.9 Å². The molecule has 0 aromatic carbocycles. The molecular weight excluding hydrogens is 286 g/mol. The van der Waals surface area contributed by atoms with Crippen LogP contribution in [0.4, 0.5) is 0 Å².